The van der Waals surface area contributed by atoms with Crippen LogP contribution in [0.25, 0.3) is 0 Å². The smallest absolute Gasteiger partial charge is 0.131 e. The number of anilines is 1. The van der Waals surface area contributed by atoms with Gasteiger partial charge >= 0.3 is 0 Å². The van der Waals surface area contributed by atoms with Crippen molar-refractivity contribution in [3.63, 3.8) is 0 Å². The highest BCUT2D eigenvalue weighted by molar-refractivity contribution is 6.29. The number of aromatic nitrogens is 1. The molecule has 0 unspecified atom stereocenters. The van der Waals surface area contributed by atoms with Gasteiger partial charge < -0.3 is 5.32 Å². The molecular weight excluding hydrogens is 232 g/mol. The average Bonchev–Trinajstić information content (AvgIpc) is 2.29. The number of rotatable bonds is 4. The first-order valence-corrected chi connectivity index (χ1v) is 6.04. The number of nitrogens with zero attached hydrogens (tertiary/aromatic N) is 1. The van der Waals surface area contributed by atoms with Crippen molar-refractivity contribution in [3.8, 4) is 0 Å². The Morgan fingerprint density at radius 2 is 1.94 bits per heavy atom. The van der Waals surface area contributed by atoms with E-state index in [-0.39, 0.29) is 0 Å². The number of benzene rings is 1. The van der Waals surface area contributed by atoms with Crippen LogP contribution >= 0.6 is 11.6 Å². The van der Waals surface area contributed by atoms with Crippen LogP contribution in [0.3, 0.4) is 0 Å². The fourth-order valence-corrected chi connectivity index (χ4v) is 1.96. The van der Waals surface area contributed by atoms with Crippen LogP contribution in [0, 0.1) is 6.92 Å². The van der Waals surface area contributed by atoms with Crippen LogP contribution in [0.5, 0.6) is 0 Å². The number of nitrogens with one attached hydrogen (secondary N) is 1. The lowest BCUT2D eigenvalue weighted by Gasteiger charge is -2.07. The number of halogens is 1. The molecule has 1 aromatic carbocycles. The first-order chi connectivity index (χ1) is 8.24. The summed E-state index contributed by atoms with van der Waals surface area (Å²) < 4.78 is 0. The minimum absolute atomic E-state index is 0.534. The van der Waals surface area contributed by atoms with E-state index in [2.05, 4.69) is 34.6 Å². The summed E-state index contributed by atoms with van der Waals surface area (Å²) in [5, 5.41) is 3.81. The summed E-state index contributed by atoms with van der Waals surface area (Å²) in [4.78, 5) is 4.22. The zero-order valence-corrected chi connectivity index (χ0v) is 10.5. The molecule has 0 radical (unpaired) electrons. The van der Waals surface area contributed by atoms with Crippen LogP contribution in [-0.4, -0.2) is 11.5 Å². The number of aryl methyl sites for hydroxylation is 1. The third-order valence-corrected chi connectivity index (χ3v) is 2.69. The maximum atomic E-state index is 5.89. The van der Waals surface area contributed by atoms with E-state index in [0.717, 1.165) is 24.3 Å². The maximum Gasteiger partial charge on any atom is 0.131 e. The molecule has 88 valence electrons. The SMILES string of the molecule is Cc1cc(Cl)nc(NCCc2ccccc2)c1. The molecule has 1 heterocycles. The van der Waals surface area contributed by atoms with E-state index >= 15 is 0 Å². The molecule has 0 saturated heterocycles. The van der Waals surface area contributed by atoms with E-state index < -0.39 is 0 Å². The second-order valence-corrected chi connectivity index (χ2v) is 4.40. The van der Waals surface area contributed by atoms with Gasteiger partial charge in [-0.05, 0) is 36.6 Å². The number of hydrogen-bond acceptors (Lipinski definition) is 2. The van der Waals surface area contributed by atoms with Crippen molar-refractivity contribution in [1.29, 1.82) is 0 Å². The van der Waals surface area contributed by atoms with Crippen LogP contribution in [0.1, 0.15) is 11.1 Å². The number of hydrogen-bond donors (Lipinski definition) is 1. The van der Waals surface area contributed by atoms with Crippen molar-refractivity contribution in [1.82, 2.24) is 4.98 Å². The van der Waals surface area contributed by atoms with E-state index in [1.54, 1.807) is 0 Å². The third-order valence-electron chi connectivity index (χ3n) is 2.50. The zero-order chi connectivity index (χ0) is 12.1. The van der Waals surface area contributed by atoms with E-state index in [1.165, 1.54) is 5.56 Å². The van der Waals surface area contributed by atoms with Gasteiger partial charge in [0.05, 0.1) is 0 Å². The lowest BCUT2D eigenvalue weighted by Crippen LogP contribution is -2.06. The lowest BCUT2D eigenvalue weighted by atomic mass is 10.1. The molecule has 17 heavy (non-hydrogen) atoms. The Morgan fingerprint density at radius 1 is 1.18 bits per heavy atom. The standard InChI is InChI=1S/C14H15ClN2/c1-11-9-13(15)17-14(10-11)16-8-7-12-5-3-2-4-6-12/h2-6,9-10H,7-8H2,1H3,(H,16,17). The molecule has 1 aromatic heterocycles. The summed E-state index contributed by atoms with van der Waals surface area (Å²) in [5.74, 6) is 0.839. The largest absolute Gasteiger partial charge is 0.370 e. The van der Waals surface area contributed by atoms with Gasteiger partial charge in [0, 0.05) is 6.54 Å². The minimum atomic E-state index is 0.534. The molecule has 2 rings (SSSR count). The molecule has 1 N–H and O–H groups in total. The van der Waals surface area contributed by atoms with Crippen molar-refractivity contribution in [2.24, 2.45) is 0 Å². The number of pyridine rings is 1. The van der Waals surface area contributed by atoms with Gasteiger partial charge in [-0.3, -0.25) is 0 Å². The Kier molecular flexibility index (Phi) is 3.99. The van der Waals surface area contributed by atoms with Gasteiger partial charge in [-0.1, -0.05) is 41.9 Å². The summed E-state index contributed by atoms with van der Waals surface area (Å²) in [5.41, 5.74) is 2.44. The predicted molar refractivity (Wildman–Crippen MR) is 72.6 cm³/mol. The summed E-state index contributed by atoms with van der Waals surface area (Å²) in [7, 11) is 0. The third kappa shape index (κ3) is 3.75. The topological polar surface area (TPSA) is 24.9 Å². The minimum Gasteiger partial charge on any atom is -0.370 e. The van der Waals surface area contributed by atoms with Gasteiger partial charge in [0.15, 0.2) is 0 Å². The first kappa shape index (κ1) is 11.9. The Hall–Kier alpha value is -1.54. The molecule has 0 atom stereocenters. The van der Waals surface area contributed by atoms with E-state index in [9.17, 15) is 0 Å². The van der Waals surface area contributed by atoms with Gasteiger partial charge in [0.25, 0.3) is 0 Å². The summed E-state index contributed by atoms with van der Waals surface area (Å²) in [6.07, 6.45) is 0.980. The molecule has 0 aliphatic carbocycles. The second kappa shape index (κ2) is 5.69. The van der Waals surface area contributed by atoms with E-state index in [0.29, 0.717) is 5.15 Å². The molecule has 0 bridgehead atoms. The van der Waals surface area contributed by atoms with Crippen LogP contribution < -0.4 is 5.32 Å². The van der Waals surface area contributed by atoms with Crippen molar-refractivity contribution in [3.05, 3.63) is 58.7 Å². The van der Waals surface area contributed by atoms with Crippen molar-refractivity contribution < 1.29 is 0 Å². The van der Waals surface area contributed by atoms with Gasteiger partial charge in [-0.15, -0.1) is 0 Å². The van der Waals surface area contributed by atoms with Gasteiger partial charge in [0.1, 0.15) is 11.0 Å². The molecule has 0 amide bonds. The van der Waals surface area contributed by atoms with Gasteiger partial charge in [-0.2, -0.15) is 0 Å². The monoisotopic (exact) mass is 246 g/mol. The highest BCUT2D eigenvalue weighted by Gasteiger charge is 1.98. The van der Waals surface area contributed by atoms with Crippen molar-refractivity contribution >= 4 is 17.4 Å². The van der Waals surface area contributed by atoms with Crippen LogP contribution in [0.2, 0.25) is 5.15 Å². The van der Waals surface area contributed by atoms with Gasteiger partial charge in [0.2, 0.25) is 0 Å². The molecule has 0 saturated carbocycles. The first-order valence-electron chi connectivity index (χ1n) is 5.66. The van der Waals surface area contributed by atoms with Crippen LogP contribution in [0.15, 0.2) is 42.5 Å². The van der Waals surface area contributed by atoms with Crippen molar-refractivity contribution in [2.75, 3.05) is 11.9 Å². The average molecular weight is 247 g/mol. The molecular formula is C14H15ClN2. The molecule has 2 aromatic rings. The van der Waals surface area contributed by atoms with Crippen molar-refractivity contribution in [2.45, 2.75) is 13.3 Å². The van der Waals surface area contributed by atoms with Gasteiger partial charge in [-0.25, -0.2) is 4.98 Å². The molecule has 0 aliphatic heterocycles. The maximum absolute atomic E-state index is 5.89. The fourth-order valence-electron chi connectivity index (χ4n) is 1.69. The molecule has 2 nitrogen and oxygen atoms in total. The van der Waals surface area contributed by atoms with Crippen LogP contribution in [0.4, 0.5) is 5.82 Å². The molecule has 0 spiro atoms. The zero-order valence-electron chi connectivity index (χ0n) is 9.78. The summed E-state index contributed by atoms with van der Waals surface area (Å²) in [6.45, 7) is 2.87. The van der Waals surface area contributed by atoms with E-state index in [4.69, 9.17) is 11.6 Å². The summed E-state index contributed by atoms with van der Waals surface area (Å²) in [6, 6.07) is 14.2. The normalized spacial score (nSPS) is 10.2. The Bertz CT molecular complexity index is 463. The van der Waals surface area contributed by atoms with E-state index in [1.807, 2.05) is 25.1 Å². The Balaban J connectivity index is 1.90. The Labute approximate surface area is 107 Å². The predicted octanol–water partition coefficient (Wildman–Crippen LogP) is 3.70. The highest BCUT2D eigenvalue weighted by Crippen LogP contribution is 2.13. The fraction of sp³-hybridized carbons (Fsp3) is 0.214. The quantitative estimate of drug-likeness (QED) is 0.833. The molecule has 0 fully saturated rings. The Morgan fingerprint density at radius 3 is 2.65 bits per heavy atom. The summed E-state index contributed by atoms with van der Waals surface area (Å²) >= 11 is 5.89. The van der Waals surface area contributed by atoms with Crippen LogP contribution in [-0.2, 0) is 6.42 Å². The second-order valence-electron chi connectivity index (χ2n) is 4.01. The molecule has 3 heteroatoms. The lowest BCUT2D eigenvalue weighted by molar-refractivity contribution is 1.01. The highest BCUT2D eigenvalue weighted by atomic mass is 35.5. The molecule has 0 aliphatic rings.